The van der Waals surface area contributed by atoms with Crippen LogP contribution in [0.2, 0.25) is 0 Å². The van der Waals surface area contributed by atoms with Crippen molar-refractivity contribution in [2.75, 3.05) is 17.8 Å². The van der Waals surface area contributed by atoms with Gasteiger partial charge in [0, 0.05) is 12.3 Å². The van der Waals surface area contributed by atoms with Crippen LogP contribution in [0.25, 0.3) is 0 Å². The lowest BCUT2D eigenvalue weighted by atomic mass is 10.2. The molecular weight excluding hydrogens is 346 g/mol. The number of benzene rings is 1. The van der Waals surface area contributed by atoms with E-state index in [1.165, 1.54) is 34.9 Å². The third-order valence-electron chi connectivity index (χ3n) is 2.63. The summed E-state index contributed by atoms with van der Waals surface area (Å²) in [6, 6.07) is 6.78. The minimum absolute atomic E-state index is 0.0693. The average molecular weight is 362 g/mol. The lowest BCUT2D eigenvalue weighted by molar-refractivity contribution is 0.597. The lowest BCUT2D eigenvalue weighted by Gasteiger charge is -2.05. The third-order valence-corrected chi connectivity index (χ3v) is 7.64. The monoisotopic (exact) mass is 361 g/mol. The zero-order chi connectivity index (χ0) is 15.3. The number of nitrogens with zero attached hydrogens (tertiary/aromatic N) is 2. The second-order valence-electron chi connectivity index (χ2n) is 4.06. The van der Waals surface area contributed by atoms with Crippen LogP contribution in [0.1, 0.15) is 5.56 Å². The van der Waals surface area contributed by atoms with Crippen LogP contribution in [0.5, 0.6) is 0 Å². The predicted octanol–water partition coefficient (Wildman–Crippen LogP) is 2.28. The molecule has 0 unspecified atom stereocenters. The molecule has 114 valence electrons. The second-order valence-corrected chi connectivity index (χ2v) is 9.54. The normalized spacial score (nSPS) is 11.7. The van der Waals surface area contributed by atoms with Crippen molar-refractivity contribution in [3.63, 3.8) is 0 Å². The van der Waals surface area contributed by atoms with E-state index in [2.05, 4.69) is 10.2 Å². The van der Waals surface area contributed by atoms with E-state index in [1.807, 2.05) is 12.3 Å². The van der Waals surface area contributed by atoms with Crippen molar-refractivity contribution in [1.82, 2.24) is 10.2 Å². The molecule has 2 rings (SSSR count). The second kappa shape index (κ2) is 7.59. The Labute approximate surface area is 136 Å². The van der Waals surface area contributed by atoms with Gasteiger partial charge in [-0.3, -0.25) is 0 Å². The van der Waals surface area contributed by atoms with Gasteiger partial charge in [0.1, 0.15) is 0 Å². The first-order valence-corrected chi connectivity index (χ1v) is 10.7. The van der Waals surface area contributed by atoms with Gasteiger partial charge in [-0.2, -0.15) is 0 Å². The van der Waals surface area contributed by atoms with Crippen molar-refractivity contribution in [2.45, 2.75) is 20.1 Å². The van der Waals surface area contributed by atoms with Gasteiger partial charge in [-0.1, -0.05) is 47.0 Å². The van der Waals surface area contributed by atoms with Crippen LogP contribution in [0.15, 0.2) is 37.8 Å². The number of sulfone groups is 1. The summed E-state index contributed by atoms with van der Waals surface area (Å²) < 4.78 is 26.2. The van der Waals surface area contributed by atoms with Gasteiger partial charge >= 0.3 is 0 Å². The first-order chi connectivity index (χ1) is 10.0. The van der Waals surface area contributed by atoms with Crippen molar-refractivity contribution in [1.29, 1.82) is 0 Å². The van der Waals surface area contributed by atoms with E-state index in [-0.39, 0.29) is 5.75 Å². The Morgan fingerprint density at radius 2 is 2.05 bits per heavy atom. The summed E-state index contributed by atoms with van der Waals surface area (Å²) in [5, 5.41) is 7.98. The van der Waals surface area contributed by atoms with Crippen molar-refractivity contribution in [3.8, 4) is 0 Å². The van der Waals surface area contributed by atoms with E-state index < -0.39 is 9.84 Å². The molecule has 1 aromatic carbocycles. The SMILES string of the molecule is CSc1nnc(SCCS(=O)(=O)c2cccc(CN)c2)s1. The van der Waals surface area contributed by atoms with Gasteiger partial charge in [0.05, 0.1) is 10.6 Å². The molecule has 0 aliphatic heterocycles. The van der Waals surface area contributed by atoms with E-state index in [4.69, 9.17) is 5.73 Å². The Bertz CT molecular complexity index is 700. The smallest absolute Gasteiger partial charge is 0.179 e. The molecule has 5 nitrogen and oxygen atoms in total. The van der Waals surface area contributed by atoms with Gasteiger partial charge in [0.2, 0.25) is 0 Å². The minimum Gasteiger partial charge on any atom is -0.326 e. The van der Waals surface area contributed by atoms with Gasteiger partial charge in [-0.05, 0) is 24.0 Å². The summed E-state index contributed by atoms with van der Waals surface area (Å²) in [6.45, 7) is 0.334. The highest BCUT2D eigenvalue weighted by Gasteiger charge is 2.15. The minimum atomic E-state index is -3.29. The molecule has 0 aliphatic carbocycles. The molecule has 0 aliphatic rings. The first-order valence-electron chi connectivity index (χ1n) is 6.07. The Morgan fingerprint density at radius 1 is 1.29 bits per heavy atom. The van der Waals surface area contributed by atoms with E-state index >= 15 is 0 Å². The maximum atomic E-state index is 12.3. The van der Waals surface area contributed by atoms with Crippen molar-refractivity contribution < 1.29 is 8.42 Å². The summed E-state index contributed by atoms with van der Waals surface area (Å²) in [7, 11) is -3.29. The number of rotatable bonds is 7. The quantitative estimate of drug-likeness (QED) is 0.757. The summed E-state index contributed by atoms with van der Waals surface area (Å²) in [5.41, 5.74) is 6.36. The van der Waals surface area contributed by atoms with Crippen LogP contribution < -0.4 is 5.73 Å². The average Bonchev–Trinajstić information content (AvgIpc) is 2.95. The molecule has 1 heterocycles. The largest absolute Gasteiger partial charge is 0.326 e. The number of thioether (sulfide) groups is 2. The highest BCUT2D eigenvalue weighted by atomic mass is 32.2. The maximum absolute atomic E-state index is 12.3. The molecule has 0 spiro atoms. The van der Waals surface area contributed by atoms with Crippen LogP contribution in [0, 0.1) is 0 Å². The highest BCUT2D eigenvalue weighted by Crippen LogP contribution is 2.27. The third kappa shape index (κ3) is 4.68. The fourth-order valence-corrected chi connectivity index (χ4v) is 5.78. The molecule has 2 N–H and O–H groups in total. The summed E-state index contributed by atoms with van der Waals surface area (Å²) in [4.78, 5) is 0.327. The molecule has 0 amide bonds. The fraction of sp³-hybridized carbons (Fsp3) is 0.333. The van der Waals surface area contributed by atoms with E-state index in [0.29, 0.717) is 17.2 Å². The highest BCUT2D eigenvalue weighted by molar-refractivity contribution is 8.03. The molecule has 0 atom stereocenters. The van der Waals surface area contributed by atoms with Gasteiger partial charge in [0.25, 0.3) is 0 Å². The van der Waals surface area contributed by atoms with Gasteiger partial charge in [-0.25, -0.2) is 8.42 Å². The fourth-order valence-electron chi connectivity index (χ4n) is 1.56. The molecule has 21 heavy (non-hydrogen) atoms. The number of hydrogen-bond donors (Lipinski definition) is 1. The Balaban J connectivity index is 1.97. The standard InChI is InChI=1S/C12H15N3O2S4/c1-18-11-14-15-12(20-11)19-5-6-21(16,17)10-4-2-3-9(7-10)8-13/h2-4,7H,5-6,8,13H2,1H3. The molecule has 0 saturated heterocycles. The Hall–Kier alpha value is -0.610. The van der Waals surface area contributed by atoms with Crippen molar-refractivity contribution >= 4 is 44.7 Å². The molecule has 0 bridgehead atoms. The molecule has 1 aromatic heterocycles. The van der Waals surface area contributed by atoms with Crippen molar-refractivity contribution in [3.05, 3.63) is 29.8 Å². The van der Waals surface area contributed by atoms with Crippen LogP contribution in [0.3, 0.4) is 0 Å². The maximum Gasteiger partial charge on any atom is 0.179 e. The predicted molar refractivity (Wildman–Crippen MR) is 88.8 cm³/mol. The van der Waals surface area contributed by atoms with Gasteiger partial charge < -0.3 is 5.73 Å². The zero-order valence-electron chi connectivity index (χ0n) is 11.4. The molecule has 2 aromatic rings. The van der Waals surface area contributed by atoms with Crippen LogP contribution >= 0.6 is 34.9 Å². The molecule has 0 radical (unpaired) electrons. The zero-order valence-corrected chi connectivity index (χ0v) is 14.6. The summed E-state index contributed by atoms with van der Waals surface area (Å²) in [5.74, 6) is 0.526. The Morgan fingerprint density at radius 3 is 2.71 bits per heavy atom. The van der Waals surface area contributed by atoms with Crippen LogP contribution in [-0.2, 0) is 16.4 Å². The molecular formula is C12H15N3O2S4. The number of aromatic nitrogens is 2. The van der Waals surface area contributed by atoms with E-state index in [0.717, 1.165) is 14.2 Å². The van der Waals surface area contributed by atoms with Crippen LogP contribution in [0.4, 0.5) is 0 Å². The molecule has 0 fully saturated rings. The molecule has 0 saturated carbocycles. The molecule has 9 heteroatoms. The van der Waals surface area contributed by atoms with E-state index in [9.17, 15) is 8.42 Å². The van der Waals surface area contributed by atoms with E-state index in [1.54, 1.807) is 18.2 Å². The lowest BCUT2D eigenvalue weighted by Crippen LogP contribution is -2.09. The van der Waals surface area contributed by atoms with Crippen molar-refractivity contribution in [2.24, 2.45) is 5.73 Å². The van der Waals surface area contributed by atoms with Crippen LogP contribution in [-0.4, -0.2) is 36.4 Å². The Kier molecular flexibility index (Phi) is 6.06. The first kappa shape index (κ1) is 16.8. The summed E-state index contributed by atoms with van der Waals surface area (Å²) in [6.07, 6.45) is 1.93. The van der Waals surface area contributed by atoms with Gasteiger partial charge in [-0.15, -0.1) is 10.2 Å². The summed E-state index contributed by atoms with van der Waals surface area (Å²) >= 11 is 4.42. The topological polar surface area (TPSA) is 85.9 Å². The van der Waals surface area contributed by atoms with Gasteiger partial charge in [0.15, 0.2) is 18.5 Å². The number of hydrogen-bond acceptors (Lipinski definition) is 8. The number of nitrogens with two attached hydrogens (primary N) is 1.